The summed E-state index contributed by atoms with van der Waals surface area (Å²) in [4.78, 5) is 45.2. The van der Waals surface area contributed by atoms with Gasteiger partial charge in [0.25, 0.3) is 0 Å². The molecule has 2 aliphatic heterocycles. The van der Waals surface area contributed by atoms with Gasteiger partial charge in [0.2, 0.25) is 0 Å². The van der Waals surface area contributed by atoms with Crippen LogP contribution in [0, 0.1) is 0 Å². The van der Waals surface area contributed by atoms with Crippen molar-refractivity contribution in [3.63, 3.8) is 0 Å². The fraction of sp³-hybridized carbons (Fsp3) is 0.400. The lowest BCUT2D eigenvalue weighted by Crippen LogP contribution is -2.67. The van der Waals surface area contributed by atoms with Crippen molar-refractivity contribution in [2.45, 2.75) is 44.1 Å². The summed E-state index contributed by atoms with van der Waals surface area (Å²) in [5.74, 6) is -1.08. The maximum Gasteiger partial charge on any atom is 0.328 e. The van der Waals surface area contributed by atoms with Gasteiger partial charge in [-0.2, -0.15) is 0 Å². The summed E-state index contributed by atoms with van der Waals surface area (Å²) < 4.78 is 0. The number of carbonyl (C=O) groups is 3. The molecule has 33 heavy (non-hydrogen) atoms. The summed E-state index contributed by atoms with van der Waals surface area (Å²) in [6.07, 6.45) is 1.25. The van der Waals surface area contributed by atoms with E-state index in [2.05, 4.69) is 0 Å². The van der Waals surface area contributed by atoms with Gasteiger partial charge in [-0.1, -0.05) is 60.7 Å². The lowest BCUT2D eigenvalue weighted by atomic mass is 10.0. The number of fused-ring (bicyclic) bond motifs is 2. The second-order valence-electron chi connectivity index (χ2n) is 8.89. The number of carbonyl (C=O) groups excluding carboxylic acids is 2. The average Bonchev–Trinajstić information content (AvgIpc) is 3.11. The Bertz CT molecular complexity index is 1000. The predicted octanol–water partition coefficient (Wildman–Crippen LogP) is 3.09. The molecule has 1 N–H and O–H groups in total. The summed E-state index contributed by atoms with van der Waals surface area (Å²) in [6.45, 7) is 1.05. The van der Waals surface area contributed by atoms with Crippen LogP contribution >= 0.6 is 0 Å². The van der Waals surface area contributed by atoms with Crippen molar-refractivity contribution >= 4 is 18.0 Å². The van der Waals surface area contributed by atoms with Gasteiger partial charge in [-0.15, -0.1) is 0 Å². The van der Waals surface area contributed by atoms with Gasteiger partial charge in [-0.3, -0.25) is 0 Å². The second-order valence-corrected chi connectivity index (χ2v) is 8.89. The van der Waals surface area contributed by atoms with Crippen LogP contribution < -0.4 is 0 Å². The van der Waals surface area contributed by atoms with Crippen molar-refractivity contribution in [3.8, 4) is 0 Å². The Labute approximate surface area is 194 Å². The van der Waals surface area contributed by atoms with Gasteiger partial charge in [-0.05, 0) is 24.0 Å². The molecule has 2 heterocycles. The van der Waals surface area contributed by atoms with Gasteiger partial charge in [0.15, 0.2) is 6.04 Å². The maximum absolute atomic E-state index is 13.3. The van der Waals surface area contributed by atoms with Crippen molar-refractivity contribution in [3.05, 3.63) is 71.8 Å². The summed E-state index contributed by atoms with van der Waals surface area (Å²) in [7, 11) is 3.41. The minimum absolute atomic E-state index is 0.189. The quantitative estimate of drug-likeness (QED) is 0.759. The topological polar surface area (TPSA) is 84.4 Å². The number of urea groups is 2. The summed E-state index contributed by atoms with van der Waals surface area (Å²) in [6, 6.07) is 17.0. The van der Waals surface area contributed by atoms with Crippen LogP contribution in [0.15, 0.2) is 60.7 Å². The highest BCUT2D eigenvalue weighted by atomic mass is 16.4. The number of hydrogen-bond acceptors (Lipinski definition) is 3. The lowest BCUT2D eigenvalue weighted by Gasteiger charge is -2.46. The summed E-state index contributed by atoms with van der Waals surface area (Å²) in [5.41, 5.74) is 1.98. The first kappa shape index (κ1) is 22.6. The summed E-state index contributed by atoms with van der Waals surface area (Å²) >= 11 is 0. The highest BCUT2D eigenvalue weighted by Gasteiger charge is 2.53. The zero-order valence-electron chi connectivity index (χ0n) is 19.0. The Balaban J connectivity index is 1.50. The van der Waals surface area contributed by atoms with Gasteiger partial charge in [0.1, 0.15) is 0 Å². The van der Waals surface area contributed by atoms with Crippen molar-refractivity contribution in [1.29, 1.82) is 0 Å². The molecule has 2 saturated heterocycles. The van der Waals surface area contributed by atoms with E-state index in [9.17, 15) is 19.5 Å². The minimum atomic E-state index is -1.08. The molecule has 2 fully saturated rings. The molecule has 0 unspecified atom stereocenters. The maximum atomic E-state index is 13.3. The molecule has 2 aliphatic rings. The van der Waals surface area contributed by atoms with E-state index in [0.717, 1.165) is 11.1 Å². The molecule has 8 heteroatoms. The Morgan fingerprint density at radius 3 is 1.88 bits per heavy atom. The lowest BCUT2D eigenvalue weighted by molar-refractivity contribution is -0.146. The van der Waals surface area contributed by atoms with Gasteiger partial charge < -0.3 is 24.7 Å². The number of piperazine rings is 1. The van der Waals surface area contributed by atoms with E-state index in [0.29, 0.717) is 25.9 Å². The van der Waals surface area contributed by atoms with Crippen LogP contribution in [0.2, 0.25) is 0 Å². The van der Waals surface area contributed by atoms with Crippen molar-refractivity contribution in [1.82, 2.24) is 19.6 Å². The second kappa shape index (κ2) is 9.52. The van der Waals surface area contributed by atoms with Crippen LogP contribution in [0.1, 0.15) is 24.0 Å². The highest BCUT2D eigenvalue weighted by Crippen LogP contribution is 2.36. The number of likely N-dealkylation sites (tertiary alicyclic amines) is 1. The highest BCUT2D eigenvalue weighted by molar-refractivity contribution is 5.86. The summed E-state index contributed by atoms with van der Waals surface area (Å²) in [5, 5.41) is 10.1. The normalized spacial score (nSPS) is 21.6. The first-order valence-corrected chi connectivity index (χ1v) is 11.2. The number of carboxylic acids is 1. The van der Waals surface area contributed by atoms with E-state index < -0.39 is 18.1 Å². The van der Waals surface area contributed by atoms with Gasteiger partial charge in [0.05, 0.1) is 12.1 Å². The fourth-order valence-corrected chi connectivity index (χ4v) is 5.01. The van der Waals surface area contributed by atoms with Crippen LogP contribution in [0.3, 0.4) is 0 Å². The largest absolute Gasteiger partial charge is 0.480 e. The van der Waals surface area contributed by atoms with Crippen molar-refractivity contribution in [2.24, 2.45) is 0 Å². The molecule has 2 aromatic rings. The Morgan fingerprint density at radius 1 is 0.848 bits per heavy atom. The van der Waals surface area contributed by atoms with Crippen LogP contribution in [0.4, 0.5) is 9.59 Å². The Hall–Kier alpha value is -3.55. The Kier molecular flexibility index (Phi) is 6.53. The molecule has 8 nitrogen and oxygen atoms in total. The number of rotatable bonds is 5. The molecule has 174 valence electrons. The van der Waals surface area contributed by atoms with Gasteiger partial charge >= 0.3 is 18.0 Å². The molecular formula is C25H30N4O4. The van der Waals surface area contributed by atoms with Gasteiger partial charge in [-0.25, -0.2) is 14.4 Å². The first-order valence-electron chi connectivity index (χ1n) is 11.2. The van der Waals surface area contributed by atoms with E-state index in [4.69, 9.17) is 0 Å². The van der Waals surface area contributed by atoms with Crippen LogP contribution in [0.5, 0.6) is 0 Å². The van der Waals surface area contributed by atoms with E-state index in [1.807, 2.05) is 60.7 Å². The number of amides is 4. The third kappa shape index (κ3) is 4.65. The van der Waals surface area contributed by atoms with E-state index >= 15 is 0 Å². The number of aliphatic carboxylic acids is 1. The molecule has 0 aromatic heterocycles. The van der Waals surface area contributed by atoms with Gasteiger partial charge in [0, 0.05) is 33.7 Å². The molecule has 2 aromatic carbocycles. The molecule has 4 amide bonds. The number of benzene rings is 2. The van der Waals surface area contributed by atoms with Crippen LogP contribution in [-0.4, -0.2) is 81.5 Å². The number of carboxylic acid groups (broad SMARTS) is 1. The fourth-order valence-electron chi connectivity index (χ4n) is 5.01. The molecule has 0 aliphatic carbocycles. The third-order valence-corrected chi connectivity index (χ3v) is 6.55. The molecule has 0 radical (unpaired) electrons. The van der Waals surface area contributed by atoms with E-state index in [-0.39, 0.29) is 24.6 Å². The molecule has 0 spiro atoms. The van der Waals surface area contributed by atoms with E-state index in [1.165, 1.54) is 4.90 Å². The molecule has 3 atom stereocenters. The Morgan fingerprint density at radius 2 is 1.36 bits per heavy atom. The third-order valence-electron chi connectivity index (χ3n) is 6.55. The zero-order chi connectivity index (χ0) is 23.5. The number of nitrogens with zero attached hydrogens (tertiary/aromatic N) is 4. The molecular weight excluding hydrogens is 420 g/mol. The average molecular weight is 451 g/mol. The molecule has 0 saturated carbocycles. The smallest absolute Gasteiger partial charge is 0.328 e. The van der Waals surface area contributed by atoms with Crippen LogP contribution in [0.25, 0.3) is 0 Å². The monoisotopic (exact) mass is 450 g/mol. The number of hydrogen-bond donors (Lipinski definition) is 1. The standard InChI is InChI=1S/C25H30N4O4/c1-26(15-18-9-5-3-6-10-18)24(32)28-17-20-13-14-21(22(28)23(30)31)29(20)25(33)27(2)16-19-11-7-4-8-12-19/h3-12,20-22H,13-17H2,1-2H3,(H,30,31)/t20-,21+,22-/m0/s1. The minimum Gasteiger partial charge on any atom is -0.480 e. The molecule has 4 rings (SSSR count). The molecule has 2 bridgehead atoms. The van der Waals surface area contributed by atoms with E-state index in [1.54, 1.807) is 28.8 Å². The van der Waals surface area contributed by atoms with Crippen molar-refractivity contribution in [2.75, 3.05) is 20.6 Å². The van der Waals surface area contributed by atoms with Crippen molar-refractivity contribution < 1.29 is 19.5 Å². The SMILES string of the molecule is CN(Cc1ccccc1)C(=O)N1C[C@@H]2CC[C@H]([C@H]1C(=O)O)N2C(=O)N(C)Cc1ccccc1. The van der Waals surface area contributed by atoms with Crippen LogP contribution in [-0.2, 0) is 17.9 Å². The predicted molar refractivity (Wildman–Crippen MR) is 123 cm³/mol. The zero-order valence-corrected chi connectivity index (χ0v) is 19.0. The first-order chi connectivity index (χ1) is 15.9.